The van der Waals surface area contributed by atoms with Crippen molar-refractivity contribution in [3.63, 3.8) is 0 Å². The number of rotatable bonds is 7. The van der Waals surface area contributed by atoms with Gasteiger partial charge in [0, 0.05) is 19.2 Å². The van der Waals surface area contributed by atoms with E-state index in [9.17, 15) is 0 Å². The van der Waals surface area contributed by atoms with E-state index in [0.29, 0.717) is 13.1 Å². The largest absolute Gasteiger partial charge is 0.330 e. The van der Waals surface area contributed by atoms with Crippen LogP contribution in [0, 0.1) is 0 Å². The third-order valence-electron chi connectivity index (χ3n) is 2.62. The molecule has 0 aliphatic carbocycles. The molecule has 0 radical (unpaired) electrons. The molecule has 0 aliphatic heterocycles. The second kappa shape index (κ2) is 6.20. The highest BCUT2D eigenvalue weighted by Gasteiger charge is 2.08. The zero-order valence-corrected chi connectivity index (χ0v) is 10.5. The first-order valence-corrected chi connectivity index (χ1v) is 6.17. The molecule has 2 N–H and O–H groups in total. The molecule has 0 aromatic carbocycles. The molecule has 2 aromatic heterocycles. The summed E-state index contributed by atoms with van der Waals surface area (Å²) < 4.78 is 3.55. The molecule has 0 saturated carbocycles. The third kappa shape index (κ3) is 3.10. The lowest BCUT2D eigenvalue weighted by Gasteiger charge is -2.02. The van der Waals surface area contributed by atoms with Crippen LogP contribution in [-0.4, -0.2) is 41.7 Å². The second-order valence-electron chi connectivity index (χ2n) is 4.12. The number of nitrogens with two attached hydrogens (primary N) is 1. The van der Waals surface area contributed by atoms with Gasteiger partial charge in [-0.05, 0) is 23.4 Å². The molecule has 2 aromatic rings. The van der Waals surface area contributed by atoms with Crippen LogP contribution in [0.5, 0.6) is 0 Å². The Hall–Kier alpha value is -1.83. The minimum Gasteiger partial charge on any atom is -0.330 e. The molecule has 0 atom stereocenters. The zero-order valence-electron chi connectivity index (χ0n) is 10.5. The van der Waals surface area contributed by atoms with Crippen LogP contribution >= 0.6 is 0 Å². The van der Waals surface area contributed by atoms with Crippen LogP contribution in [0.4, 0.5) is 0 Å². The Labute approximate surface area is 105 Å². The summed E-state index contributed by atoms with van der Waals surface area (Å²) in [5.41, 5.74) is 6.36. The molecule has 0 bridgehead atoms. The summed E-state index contributed by atoms with van der Waals surface area (Å²) in [4.78, 5) is 0. The molecule has 0 unspecified atom stereocenters. The lowest BCUT2D eigenvalue weighted by atomic mass is 10.3. The summed E-state index contributed by atoms with van der Waals surface area (Å²) >= 11 is 0. The SMILES string of the molecule is CCCCn1nnnc1Cn1cc(CCN)nn1. The van der Waals surface area contributed by atoms with E-state index >= 15 is 0 Å². The minimum absolute atomic E-state index is 0.536. The number of unbranched alkanes of at least 4 members (excludes halogenated alkanes) is 1. The molecule has 98 valence electrons. The van der Waals surface area contributed by atoms with Gasteiger partial charge in [-0.1, -0.05) is 18.6 Å². The van der Waals surface area contributed by atoms with Gasteiger partial charge in [0.1, 0.15) is 6.54 Å². The smallest absolute Gasteiger partial charge is 0.172 e. The van der Waals surface area contributed by atoms with Crippen LogP contribution in [0.25, 0.3) is 0 Å². The van der Waals surface area contributed by atoms with Gasteiger partial charge in [-0.3, -0.25) is 0 Å². The fourth-order valence-electron chi connectivity index (χ4n) is 1.64. The van der Waals surface area contributed by atoms with Crippen LogP contribution in [0.15, 0.2) is 6.20 Å². The highest BCUT2D eigenvalue weighted by atomic mass is 15.6. The minimum atomic E-state index is 0.536. The number of aromatic nitrogens is 7. The lowest BCUT2D eigenvalue weighted by molar-refractivity contribution is 0.511. The van der Waals surface area contributed by atoms with E-state index in [2.05, 4.69) is 32.8 Å². The highest BCUT2D eigenvalue weighted by molar-refractivity contribution is 4.94. The van der Waals surface area contributed by atoms with Crippen LogP contribution in [0.2, 0.25) is 0 Å². The number of tetrazole rings is 1. The van der Waals surface area contributed by atoms with Crippen molar-refractivity contribution in [1.29, 1.82) is 0 Å². The predicted molar refractivity (Wildman–Crippen MR) is 64.6 cm³/mol. The quantitative estimate of drug-likeness (QED) is 0.718. The number of hydrogen-bond donors (Lipinski definition) is 1. The van der Waals surface area contributed by atoms with Gasteiger partial charge >= 0.3 is 0 Å². The van der Waals surface area contributed by atoms with Crippen molar-refractivity contribution < 1.29 is 0 Å². The summed E-state index contributed by atoms with van der Waals surface area (Å²) in [5, 5.41) is 19.7. The number of hydrogen-bond acceptors (Lipinski definition) is 6. The maximum Gasteiger partial charge on any atom is 0.172 e. The first kappa shape index (κ1) is 12.6. The van der Waals surface area contributed by atoms with Gasteiger partial charge in [-0.25, -0.2) is 9.36 Å². The molecule has 2 heterocycles. The summed E-state index contributed by atoms with van der Waals surface area (Å²) in [6, 6.07) is 0. The molecule has 2 rings (SSSR count). The van der Waals surface area contributed by atoms with Crippen LogP contribution in [0.1, 0.15) is 31.3 Å². The van der Waals surface area contributed by atoms with Gasteiger partial charge in [0.15, 0.2) is 5.82 Å². The first-order chi connectivity index (χ1) is 8.83. The highest BCUT2D eigenvalue weighted by Crippen LogP contribution is 2.01. The Morgan fingerprint density at radius 2 is 2.17 bits per heavy atom. The standard InChI is InChI=1S/C10H18N8/c1-2-3-6-18-10(13-14-16-18)8-17-7-9(4-5-11)12-15-17/h7H,2-6,8,11H2,1H3. The van der Waals surface area contributed by atoms with Crippen LogP contribution in [0.3, 0.4) is 0 Å². The average Bonchev–Trinajstić information content (AvgIpc) is 2.98. The van der Waals surface area contributed by atoms with Crippen molar-refractivity contribution in [2.24, 2.45) is 5.73 Å². The van der Waals surface area contributed by atoms with E-state index in [0.717, 1.165) is 37.3 Å². The second-order valence-corrected chi connectivity index (χ2v) is 4.12. The van der Waals surface area contributed by atoms with E-state index in [-0.39, 0.29) is 0 Å². The summed E-state index contributed by atoms with van der Waals surface area (Å²) in [5.74, 6) is 0.799. The number of aryl methyl sites for hydroxylation is 1. The summed E-state index contributed by atoms with van der Waals surface area (Å²) in [7, 11) is 0. The lowest BCUT2D eigenvalue weighted by Crippen LogP contribution is -2.10. The van der Waals surface area contributed by atoms with Crippen molar-refractivity contribution in [2.75, 3.05) is 6.54 Å². The summed E-state index contributed by atoms with van der Waals surface area (Å²) in [6.07, 6.45) is 4.80. The van der Waals surface area contributed by atoms with Gasteiger partial charge in [0.25, 0.3) is 0 Å². The normalized spacial score (nSPS) is 11.0. The molecule has 8 heteroatoms. The van der Waals surface area contributed by atoms with Crippen molar-refractivity contribution in [1.82, 2.24) is 35.2 Å². The van der Waals surface area contributed by atoms with Crippen LogP contribution < -0.4 is 5.73 Å². The van der Waals surface area contributed by atoms with Gasteiger partial charge in [-0.15, -0.1) is 10.2 Å². The monoisotopic (exact) mass is 250 g/mol. The Bertz CT molecular complexity index is 474. The molecule has 18 heavy (non-hydrogen) atoms. The van der Waals surface area contributed by atoms with Crippen molar-refractivity contribution in [2.45, 2.75) is 39.3 Å². The molecule has 0 spiro atoms. The Kier molecular flexibility index (Phi) is 4.35. The van der Waals surface area contributed by atoms with E-state index < -0.39 is 0 Å². The van der Waals surface area contributed by atoms with Crippen molar-refractivity contribution in [3.05, 3.63) is 17.7 Å². The molecule has 0 amide bonds. The summed E-state index contributed by atoms with van der Waals surface area (Å²) in [6.45, 7) is 4.09. The van der Waals surface area contributed by atoms with Gasteiger partial charge in [0.05, 0.1) is 5.69 Å². The average molecular weight is 250 g/mol. The van der Waals surface area contributed by atoms with Crippen molar-refractivity contribution in [3.8, 4) is 0 Å². The number of nitrogens with zero attached hydrogens (tertiary/aromatic N) is 7. The molecular weight excluding hydrogens is 232 g/mol. The predicted octanol–water partition coefficient (Wildman–Crippen LogP) is -0.386. The molecule has 0 fully saturated rings. The van der Waals surface area contributed by atoms with E-state index in [1.807, 2.05) is 10.9 Å². The van der Waals surface area contributed by atoms with E-state index in [4.69, 9.17) is 5.73 Å². The molecule has 8 nitrogen and oxygen atoms in total. The molecule has 0 saturated heterocycles. The fraction of sp³-hybridized carbons (Fsp3) is 0.700. The topological polar surface area (TPSA) is 100 Å². The maximum atomic E-state index is 5.47. The first-order valence-electron chi connectivity index (χ1n) is 6.17. The fourth-order valence-corrected chi connectivity index (χ4v) is 1.64. The molecule has 0 aliphatic rings. The zero-order chi connectivity index (χ0) is 12.8. The van der Waals surface area contributed by atoms with Gasteiger partial charge in [-0.2, -0.15) is 0 Å². The van der Waals surface area contributed by atoms with Crippen LogP contribution in [-0.2, 0) is 19.5 Å². The Morgan fingerprint density at radius 3 is 2.94 bits per heavy atom. The van der Waals surface area contributed by atoms with E-state index in [1.165, 1.54) is 0 Å². The Balaban J connectivity index is 2.01. The third-order valence-corrected chi connectivity index (χ3v) is 2.62. The maximum absolute atomic E-state index is 5.47. The van der Waals surface area contributed by atoms with E-state index in [1.54, 1.807) is 4.68 Å². The Morgan fingerprint density at radius 1 is 1.28 bits per heavy atom. The molecular formula is C10H18N8. The van der Waals surface area contributed by atoms with Crippen molar-refractivity contribution >= 4 is 0 Å². The van der Waals surface area contributed by atoms with Gasteiger partial charge in [0.2, 0.25) is 0 Å². The van der Waals surface area contributed by atoms with Gasteiger partial charge < -0.3 is 5.73 Å².